The third-order valence-corrected chi connectivity index (χ3v) is 4.56. The van der Waals surface area contributed by atoms with Crippen LogP contribution < -0.4 is 5.73 Å². The van der Waals surface area contributed by atoms with Gasteiger partial charge >= 0.3 is 0 Å². The predicted molar refractivity (Wildman–Crippen MR) is 77.6 cm³/mol. The van der Waals surface area contributed by atoms with Crippen molar-refractivity contribution in [3.8, 4) is 0 Å². The van der Waals surface area contributed by atoms with Crippen LogP contribution in [0.5, 0.6) is 0 Å². The Bertz CT molecular complexity index is 428. The molecular weight excluding hydrogens is 255 g/mol. The maximum absolute atomic E-state index is 13.1. The molecule has 0 unspecified atom stereocenters. The molecule has 0 bridgehead atoms. The molecule has 1 aliphatic carbocycles. The fourth-order valence-corrected chi connectivity index (χ4v) is 3.01. The zero-order chi connectivity index (χ0) is 14.6. The van der Waals surface area contributed by atoms with Crippen LogP contribution in [0.4, 0.5) is 4.39 Å². The van der Waals surface area contributed by atoms with Gasteiger partial charge in [-0.2, -0.15) is 0 Å². The summed E-state index contributed by atoms with van der Waals surface area (Å²) in [6, 6.07) is 1.47. The van der Waals surface area contributed by atoms with Gasteiger partial charge in [-0.25, -0.2) is 4.39 Å². The highest BCUT2D eigenvalue weighted by atomic mass is 19.1. The van der Waals surface area contributed by atoms with Gasteiger partial charge in [-0.1, -0.05) is 13.8 Å². The van der Waals surface area contributed by atoms with Crippen molar-refractivity contribution in [3.05, 3.63) is 29.8 Å². The van der Waals surface area contributed by atoms with Gasteiger partial charge in [0.15, 0.2) is 0 Å². The van der Waals surface area contributed by atoms with Gasteiger partial charge in [-0.3, -0.25) is 4.98 Å². The molecule has 1 aromatic rings. The summed E-state index contributed by atoms with van der Waals surface area (Å²) in [7, 11) is 0. The molecule has 0 aliphatic heterocycles. The summed E-state index contributed by atoms with van der Waals surface area (Å²) in [4.78, 5) is 3.85. The fraction of sp³-hybridized carbons (Fsp3) is 0.688. The first kappa shape index (κ1) is 15.4. The van der Waals surface area contributed by atoms with Gasteiger partial charge in [-0.15, -0.1) is 0 Å². The number of halogens is 1. The van der Waals surface area contributed by atoms with E-state index in [2.05, 4.69) is 18.8 Å². The second kappa shape index (κ2) is 6.64. The van der Waals surface area contributed by atoms with Crippen molar-refractivity contribution < 1.29 is 9.13 Å². The number of aromatic nitrogens is 1. The van der Waals surface area contributed by atoms with Crippen LogP contribution in [0.15, 0.2) is 18.5 Å². The molecular formula is C16H25FN2O. The van der Waals surface area contributed by atoms with E-state index in [0.717, 1.165) is 43.1 Å². The van der Waals surface area contributed by atoms with Crippen molar-refractivity contribution >= 4 is 0 Å². The van der Waals surface area contributed by atoms with Gasteiger partial charge in [0.2, 0.25) is 0 Å². The minimum absolute atomic E-state index is 0.238. The summed E-state index contributed by atoms with van der Waals surface area (Å²) >= 11 is 0. The average Bonchev–Trinajstić information content (AvgIpc) is 2.45. The molecule has 20 heavy (non-hydrogen) atoms. The third-order valence-electron chi connectivity index (χ3n) is 4.56. The van der Waals surface area contributed by atoms with E-state index in [9.17, 15) is 4.39 Å². The molecule has 112 valence electrons. The second-order valence-electron chi connectivity index (χ2n) is 6.27. The van der Waals surface area contributed by atoms with Crippen LogP contribution >= 0.6 is 0 Å². The molecule has 0 amide bonds. The maximum Gasteiger partial charge on any atom is 0.141 e. The molecule has 0 aromatic carbocycles. The largest absolute Gasteiger partial charge is 0.369 e. The van der Waals surface area contributed by atoms with Crippen molar-refractivity contribution in [2.75, 3.05) is 6.54 Å². The van der Waals surface area contributed by atoms with Gasteiger partial charge in [0.05, 0.1) is 18.4 Å². The van der Waals surface area contributed by atoms with E-state index in [-0.39, 0.29) is 11.4 Å². The summed E-state index contributed by atoms with van der Waals surface area (Å²) in [6.45, 7) is 5.47. The lowest BCUT2D eigenvalue weighted by atomic mass is 9.74. The van der Waals surface area contributed by atoms with Crippen LogP contribution in [0.25, 0.3) is 0 Å². The SMILES string of the molecule is CC(C)C1CCC(CN)(OCc2cncc(F)c2)CC1. The zero-order valence-corrected chi connectivity index (χ0v) is 12.4. The molecule has 1 heterocycles. The summed E-state index contributed by atoms with van der Waals surface area (Å²) in [5.41, 5.74) is 6.47. The lowest BCUT2D eigenvalue weighted by Gasteiger charge is -2.40. The fourth-order valence-electron chi connectivity index (χ4n) is 3.01. The van der Waals surface area contributed by atoms with E-state index in [4.69, 9.17) is 10.5 Å². The molecule has 1 aliphatic rings. The van der Waals surface area contributed by atoms with Gasteiger partial charge in [0.25, 0.3) is 0 Å². The Kier molecular flexibility index (Phi) is 5.11. The molecule has 2 rings (SSSR count). The molecule has 1 saturated carbocycles. The number of hydrogen-bond acceptors (Lipinski definition) is 3. The Labute approximate surface area is 120 Å². The topological polar surface area (TPSA) is 48.1 Å². The van der Waals surface area contributed by atoms with Crippen LogP contribution in [-0.4, -0.2) is 17.1 Å². The van der Waals surface area contributed by atoms with E-state index >= 15 is 0 Å². The smallest absolute Gasteiger partial charge is 0.141 e. The monoisotopic (exact) mass is 280 g/mol. The maximum atomic E-state index is 13.1. The highest BCUT2D eigenvalue weighted by molar-refractivity contribution is 5.09. The molecule has 0 atom stereocenters. The number of nitrogens with two attached hydrogens (primary N) is 1. The van der Waals surface area contributed by atoms with Crippen LogP contribution in [0.2, 0.25) is 0 Å². The first-order chi connectivity index (χ1) is 9.54. The lowest BCUT2D eigenvalue weighted by molar-refractivity contribution is -0.0842. The van der Waals surface area contributed by atoms with Crippen molar-refractivity contribution in [2.24, 2.45) is 17.6 Å². The molecule has 0 radical (unpaired) electrons. The highest BCUT2D eigenvalue weighted by Gasteiger charge is 2.35. The molecule has 1 aromatic heterocycles. The Morgan fingerprint density at radius 3 is 2.65 bits per heavy atom. The van der Waals surface area contributed by atoms with E-state index in [1.54, 1.807) is 6.20 Å². The standard InChI is InChI=1S/C16H25FN2O/c1-12(2)14-3-5-16(11-18,6-4-14)20-10-13-7-15(17)9-19-8-13/h7-9,12,14H,3-6,10-11,18H2,1-2H3. The first-order valence-electron chi connectivity index (χ1n) is 7.48. The molecule has 2 N–H and O–H groups in total. The van der Waals surface area contributed by atoms with Crippen LogP contribution in [0, 0.1) is 17.7 Å². The van der Waals surface area contributed by atoms with E-state index < -0.39 is 0 Å². The second-order valence-corrected chi connectivity index (χ2v) is 6.27. The summed E-state index contributed by atoms with van der Waals surface area (Å²) < 4.78 is 19.2. The van der Waals surface area contributed by atoms with Gasteiger partial charge < -0.3 is 10.5 Å². The minimum atomic E-state index is -0.323. The Morgan fingerprint density at radius 1 is 1.40 bits per heavy atom. The van der Waals surface area contributed by atoms with Crippen LogP contribution in [0.3, 0.4) is 0 Å². The highest BCUT2D eigenvalue weighted by Crippen LogP contribution is 2.38. The average molecular weight is 280 g/mol. The van der Waals surface area contributed by atoms with Crippen LogP contribution in [-0.2, 0) is 11.3 Å². The zero-order valence-electron chi connectivity index (χ0n) is 12.4. The molecule has 0 spiro atoms. The Hall–Kier alpha value is -1.00. The van der Waals surface area contributed by atoms with E-state index in [1.807, 2.05) is 0 Å². The number of hydrogen-bond donors (Lipinski definition) is 1. The third kappa shape index (κ3) is 3.76. The van der Waals surface area contributed by atoms with Crippen molar-refractivity contribution in [1.29, 1.82) is 0 Å². The van der Waals surface area contributed by atoms with E-state index in [0.29, 0.717) is 13.2 Å². The summed E-state index contributed by atoms with van der Waals surface area (Å²) in [5, 5.41) is 0. The molecule has 4 heteroatoms. The number of rotatable bonds is 5. The molecule has 0 saturated heterocycles. The van der Waals surface area contributed by atoms with Crippen molar-refractivity contribution in [2.45, 2.75) is 51.7 Å². The van der Waals surface area contributed by atoms with E-state index in [1.165, 1.54) is 12.3 Å². The number of pyridine rings is 1. The minimum Gasteiger partial charge on any atom is -0.369 e. The summed E-state index contributed by atoms with van der Waals surface area (Å²) in [5.74, 6) is 1.17. The Balaban J connectivity index is 1.92. The van der Waals surface area contributed by atoms with Gasteiger partial charge in [0, 0.05) is 12.7 Å². The summed E-state index contributed by atoms with van der Waals surface area (Å²) in [6.07, 6.45) is 7.17. The first-order valence-corrected chi connectivity index (χ1v) is 7.48. The molecule has 1 fully saturated rings. The number of ether oxygens (including phenoxy) is 1. The lowest BCUT2D eigenvalue weighted by Crippen LogP contribution is -2.44. The number of nitrogens with zero attached hydrogens (tertiary/aromatic N) is 1. The van der Waals surface area contributed by atoms with Crippen molar-refractivity contribution in [1.82, 2.24) is 4.98 Å². The van der Waals surface area contributed by atoms with Crippen LogP contribution in [0.1, 0.15) is 45.1 Å². The van der Waals surface area contributed by atoms with Gasteiger partial charge in [0.1, 0.15) is 5.82 Å². The molecule has 3 nitrogen and oxygen atoms in total. The van der Waals surface area contributed by atoms with Crippen molar-refractivity contribution in [3.63, 3.8) is 0 Å². The van der Waals surface area contributed by atoms with Gasteiger partial charge in [-0.05, 0) is 49.1 Å². The predicted octanol–water partition coefficient (Wildman–Crippen LogP) is 3.28. The quantitative estimate of drug-likeness (QED) is 0.900. The normalized spacial score (nSPS) is 26.9. The Morgan fingerprint density at radius 2 is 2.10 bits per heavy atom.